The molecule has 1 unspecified atom stereocenters. The number of ether oxygens (including phenoxy) is 2. The van der Waals surface area contributed by atoms with Gasteiger partial charge < -0.3 is 14.6 Å². The third-order valence-corrected chi connectivity index (χ3v) is 2.45. The third-order valence-electron chi connectivity index (χ3n) is 2.45. The SMILES string of the molecule is Cc1cc(C)nc(OC(Oc2ccccc2F)C(=O)O)n1. The molecule has 110 valence electrons. The van der Waals surface area contributed by atoms with Crippen LogP contribution in [-0.2, 0) is 4.79 Å². The monoisotopic (exact) mass is 292 g/mol. The van der Waals surface area contributed by atoms with E-state index in [2.05, 4.69) is 9.97 Å². The molecule has 7 heteroatoms. The van der Waals surface area contributed by atoms with Gasteiger partial charge in [0, 0.05) is 11.4 Å². The second-order valence-electron chi connectivity index (χ2n) is 4.27. The zero-order valence-electron chi connectivity index (χ0n) is 11.4. The summed E-state index contributed by atoms with van der Waals surface area (Å²) >= 11 is 0. The van der Waals surface area contributed by atoms with Crippen LogP contribution in [-0.4, -0.2) is 27.3 Å². The Morgan fingerprint density at radius 3 is 2.38 bits per heavy atom. The maximum atomic E-state index is 13.5. The molecule has 0 aliphatic rings. The Bertz CT molecular complexity index is 643. The van der Waals surface area contributed by atoms with Crippen LogP contribution in [0.4, 0.5) is 4.39 Å². The molecule has 0 radical (unpaired) electrons. The lowest BCUT2D eigenvalue weighted by atomic mass is 10.3. The van der Waals surface area contributed by atoms with Crippen LogP contribution in [0.3, 0.4) is 0 Å². The topological polar surface area (TPSA) is 81.5 Å². The van der Waals surface area contributed by atoms with Gasteiger partial charge in [-0.25, -0.2) is 19.2 Å². The molecule has 1 heterocycles. The zero-order chi connectivity index (χ0) is 15.4. The van der Waals surface area contributed by atoms with Gasteiger partial charge in [0.2, 0.25) is 0 Å². The molecule has 0 saturated carbocycles. The Morgan fingerprint density at radius 2 is 1.81 bits per heavy atom. The standard InChI is InChI=1S/C14H13FN2O4/c1-8-7-9(2)17-14(16-8)21-13(12(18)19)20-11-6-4-3-5-10(11)15/h3-7,13H,1-2H3,(H,18,19). The van der Waals surface area contributed by atoms with Crippen molar-refractivity contribution in [2.75, 3.05) is 0 Å². The van der Waals surface area contributed by atoms with Crippen molar-refractivity contribution in [3.8, 4) is 11.8 Å². The fourth-order valence-electron chi connectivity index (χ4n) is 1.62. The summed E-state index contributed by atoms with van der Waals surface area (Å²) in [7, 11) is 0. The Kier molecular flexibility index (Phi) is 4.32. The van der Waals surface area contributed by atoms with Crippen LogP contribution in [0.5, 0.6) is 11.8 Å². The number of halogens is 1. The van der Waals surface area contributed by atoms with Gasteiger partial charge in [0.1, 0.15) is 0 Å². The first-order valence-electron chi connectivity index (χ1n) is 6.08. The molecule has 6 nitrogen and oxygen atoms in total. The van der Waals surface area contributed by atoms with Crippen LogP contribution in [0.25, 0.3) is 0 Å². The van der Waals surface area contributed by atoms with E-state index in [0.717, 1.165) is 6.07 Å². The lowest BCUT2D eigenvalue weighted by Gasteiger charge is -2.16. The van der Waals surface area contributed by atoms with E-state index in [0.29, 0.717) is 11.4 Å². The van der Waals surface area contributed by atoms with Crippen LogP contribution in [0.15, 0.2) is 30.3 Å². The molecule has 0 aliphatic carbocycles. The maximum absolute atomic E-state index is 13.5. The van der Waals surface area contributed by atoms with E-state index in [1.807, 2.05) is 0 Å². The number of carboxylic acids is 1. The molecule has 1 atom stereocenters. The van der Waals surface area contributed by atoms with Crippen molar-refractivity contribution in [2.45, 2.75) is 20.1 Å². The molecular weight excluding hydrogens is 279 g/mol. The van der Waals surface area contributed by atoms with Crippen molar-refractivity contribution in [2.24, 2.45) is 0 Å². The highest BCUT2D eigenvalue weighted by atomic mass is 19.1. The molecule has 0 aliphatic heterocycles. The number of carboxylic acid groups (broad SMARTS) is 1. The van der Waals surface area contributed by atoms with Crippen molar-refractivity contribution in [3.63, 3.8) is 0 Å². The smallest absolute Gasteiger partial charge is 0.387 e. The molecule has 21 heavy (non-hydrogen) atoms. The number of aryl methyl sites for hydroxylation is 2. The number of aliphatic carboxylic acids is 1. The number of nitrogens with zero attached hydrogens (tertiary/aromatic N) is 2. The summed E-state index contributed by atoms with van der Waals surface area (Å²) in [5, 5.41) is 9.10. The molecule has 1 aromatic carbocycles. The van der Waals surface area contributed by atoms with Gasteiger partial charge in [0.15, 0.2) is 11.6 Å². The second-order valence-corrected chi connectivity index (χ2v) is 4.27. The number of aromatic nitrogens is 2. The summed E-state index contributed by atoms with van der Waals surface area (Å²) in [6, 6.07) is 7.01. The largest absolute Gasteiger partial charge is 0.476 e. The lowest BCUT2D eigenvalue weighted by Crippen LogP contribution is -2.34. The molecule has 1 N–H and O–H groups in total. The van der Waals surface area contributed by atoms with E-state index in [1.165, 1.54) is 18.2 Å². The molecule has 2 aromatic rings. The van der Waals surface area contributed by atoms with Gasteiger partial charge in [0.25, 0.3) is 0 Å². The minimum absolute atomic E-state index is 0.142. The van der Waals surface area contributed by atoms with Gasteiger partial charge in [-0.15, -0.1) is 0 Å². The third kappa shape index (κ3) is 3.88. The number of benzene rings is 1. The summed E-state index contributed by atoms with van der Waals surface area (Å²) in [4.78, 5) is 19.1. The van der Waals surface area contributed by atoms with Crippen LogP contribution < -0.4 is 9.47 Å². The first kappa shape index (κ1) is 14.7. The Morgan fingerprint density at radius 1 is 1.19 bits per heavy atom. The quantitative estimate of drug-likeness (QED) is 0.850. The summed E-state index contributed by atoms with van der Waals surface area (Å²) in [6.07, 6.45) is -1.75. The van der Waals surface area contributed by atoms with Crippen molar-refractivity contribution < 1.29 is 23.8 Å². The fourth-order valence-corrected chi connectivity index (χ4v) is 1.62. The normalized spacial score (nSPS) is 11.8. The van der Waals surface area contributed by atoms with Crippen LogP contribution in [0.1, 0.15) is 11.4 Å². The molecule has 0 spiro atoms. The molecule has 0 bridgehead atoms. The Balaban J connectivity index is 2.20. The number of rotatable bonds is 5. The van der Waals surface area contributed by atoms with E-state index in [1.54, 1.807) is 19.9 Å². The van der Waals surface area contributed by atoms with Crippen LogP contribution in [0.2, 0.25) is 0 Å². The van der Waals surface area contributed by atoms with Gasteiger partial charge in [-0.1, -0.05) is 12.1 Å². The highest BCUT2D eigenvalue weighted by molar-refractivity contribution is 5.71. The zero-order valence-corrected chi connectivity index (χ0v) is 11.4. The van der Waals surface area contributed by atoms with Gasteiger partial charge in [0.05, 0.1) is 0 Å². The number of para-hydroxylation sites is 1. The van der Waals surface area contributed by atoms with Gasteiger partial charge in [-0.2, -0.15) is 0 Å². The van der Waals surface area contributed by atoms with Gasteiger partial charge >= 0.3 is 18.3 Å². The molecular formula is C14H13FN2O4. The number of hydrogen-bond acceptors (Lipinski definition) is 5. The van der Waals surface area contributed by atoms with Gasteiger partial charge in [-0.3, -0.25) is 0 Å². The number of carbonyl (C=O) groups is 1. The van der Waals surface area contributed by atoms with Crippen LogP contribution >= 0.6 is 0 Å². The van der Waals surface area contributed by atoms with Crippen LogP contribution in [0, 0.1) is 19.7 Å². The molecule has 0 saturated heterocycles. The van der Waals surface area contributed by atoms with E-state index in [9.17, 15) is 9.18 Å². The molecule has 0 amide bonds. The minimum atomic E-state index is -1.75. The summed E-state index contributed by atoms with van der Waals surface area (Å²) in [5.74, 6) is -2.33. The first-order chi connectivity index (χ1) is 9.95. The van der Waals surface area contributed by atoms with Crippen molar-refractivity contribution in [1.82, 2.24) is 9.97 Å². The summed E-state index contributed by atoms with van der Waals surface area (Å²) in [6.45, 7) is 3.43. The summed E-state index contributed by atoms with van der Waals surface area (Å²) < 4.78 is 23.6. The van der Waals surface area contributed by atoms with E-state index in [4.69, 9.17) is 14.6 Å². The maximum Gasteiger partial charge on any atom is 0.387 e. The van der Waals surface area contributed by atoms with E-state index in [-0.39, 0.29) is 11.8 Å². The fraction of sp³-hybridized carbons (Fsp3) is 0.214. The highest BCUT2D eigenvalue weighted by Gasteiger charge is 2.24. The second kappa shape index (κ2) is 6.17. The van der Waals surface area contributed by atoms with Gasteiger partial charge in [-0.05, 0) is 32.0 Å². The molecule has 2 rings (SSSR count). The Hall–Kier alpha value is -2.70. The number of hydrogen-bond donors (Lipinski definition) is 1. The Labute approximate surface area is 120 Å². The highest BCUT2D eigenvalue weighted by Crippen LogP contribution is 2.18. The predicted molar refractivity (Wildman–Crippen MR) is 70.6 cm³/mol. The first-order valence-corrected chi connectivity index (χ1v) is 6.08. The molecule has 0 fully saturated rings. The average molecular weight is 292 g/mol. The lowest BCUT2D eigenvalue weighted by molar-refractivity contribution is -0.159. The summed E-state index contributed by atoms with van der Waals surface area (Å²) in [5.41, 5.74) is 1.24. The van der Waals surface area contributed by atoms with E-state index >= 15 is 0 Å². The predicted octanol–water partition coefficient (Wildman–Crippen LogP) is 2.10. The minimum Gasteiger partial charge on any atom is -0.476 e. The average Bonchev–Trinajstić information content (AvgIpc) is 2.39. The molecule has 1 aromatic heterocycles. The van der Waals surface area contributed by atoms with Crippen molar-refractivity contribution in [1.29, 1.82) is 0 Å². The van der Waals surface area contributed by atoms with Crippen molar-refractivity contribution >= 4 is 5.97 Å². The van der Waals surface area contributed by atoms with E-state index < -0.39 is 18.1 Å². The van der Waals surface area contributed by atoms with Crippen molar-refractivity contribution in [3.05, 3.63) is 47.5 Å².